The van der Waals surface area contributed by atoms with Crippen molar-refractivity contribution in [2.45, 2.75) is 0 Å². The van der Waals surface area contributed by atoms with E-state index in [1.165, 1.54) is 4.68 Å². The Balaban J connectivity index is 2.13. The molecule has 0 saturated carbocycles. The maximum atomic E-state index is 12.3. The van der Waals surface area contributed by atoms with Gasteiger partial charge in [-0.2, -0.15) is 5.10 Å². The minimum Gasteiger partial charge on any atom is -0.361 e. The second-order valence-electron chi connectivity index (χ2n) is 4.24. The molecule has 0 aliphatic carbocycles. The molecule has 19 heavy (non-hydrogen) atoms. The largest absolute Gasteiger partial charge is 0.361 e. The lowest BCUT2D eigenvalue weighted by Crippen LogP contribution is -2.13. The second-order valence-corrected chi connectivity index (χ2v) is 4.24. The third kappa shape index (κ3) is 1.40. The number of aromatic nitrogens is 5. The van der Waals surface area contributed by atoms with Gasteiger partial charge in [0.05, 0.1) is 10.9 Å². The minimum absolute atomic E-state index is 0.166. The molecule has 3 aromatic heterocycles. The third-order valence-corrected chi connectivity index (χ3v) is 3.11. The fraction of sp³-hybridized carbons (Fsp3) is 0. The number of nitrogens with one attached hydrogen (secondary N) is 2. The van der Waals surface area contributed by atoms with Gasteiger partial charge in [-0.1, -0.05) is 0 Å². The van der Waals surface area contributed by atoms with Gasteiger partial charge >= 0.3 is 0 Å². The first-order valence-corrected chi connectivity index (χ1v) is 5.83. The summed E-state index contributed by atoms with van der Waals surface area (Å²) in [6.45, 7) is 0. The van der Waals surface area contributed by atoms with Crippen molar-refractivity contribution in [2.24, 2.45) is 0 Å². The Morgan fingerprint density at radius 3 is 3.00 bits per heavy atom. The summed E-state index contributed by atoms with van der Waals surface area (Å²) in [5, 5.41) is 5.53. The van der Waals surface area contributed by atoms with Crippen LogP contribution in [-0.2, 0) is 0 Å². The summed E-state index contributed by atoms with van der Waals surface area (Å²) in [7, 11) is 0. The van der Waals surface area contributed by atoms with Crippen molar-refractivity contribution in [3.63, 3.8) is 0 Å². The van der Waals surface area contributed by atoms with Crippen molar-refractivity contribution < 1.29 is 0 Å². The molecule has 4 aromatic rings. The van der Waals surface area contributed by atoms with Gasteiger partial charge in [0.1, 0.15) is 0 Å². The summed E-state index contributed by atoms with van der Waals surface area (Å²) in [6, 6.07) is 7.40. The van der Waals surface area contributed by atoms with Crippen molar-refractivity contribution in [2.75, 3.05) is 0 Å². The number of H-pyrrole nitrogens is 2. The van der Waals surface area contributed by atoms with Crippen LogP contribution in [0.1, 0.15) is 0 Å². The Bertz CT molecular complexity index is 933. The lowest BCUT2D eigenvalue weighted by Gasteiger charge is -2.03. The molecule has 2 N–H and O–H groups in total. The maximum absolute atomic E-state index is 12.3. The number of benzene rings is 1. The van der Waals surface area contributed by atoms with E-state index in [-0.39, 0.29) is 5.56 Å². The minimum atomic E-state index is -0.166. The highest BCUT2D eigenvalue weighted by molar-refractivity contribution is 6.04. The van der Waals surface area contributed by atoms with E-state index in [1.54, 1.807) is 18.5 Å². The fourth-order valence-corrected chi connectivity index (χ4v) is 2.26. The van der Waals surface area contributed by atoms with Crippen LogP contribution in [0.5, 0.6) is 0 Å². The number of fused-ring (bicyclic) bond motifs is 3. The van der Waals surface area contributed by atoms with Crippen molar-refractivity contribution in [3.8, 4) is 5.95 Å². The molecule has 0 aliphatic heterocycles. The summed E-state index contributed by atoms with van der Waals surface area (Å²) in [5.74, 6) is 0.414. The summed E-state index contributed by atoms with van der Waals surface area (Å²) >= 11 is 0. The maximum Gasteiger partial charge on any atom is 0.260 e. The van der Waals surface area contributed by atoms with Crippen molar-refractivity contribution in [3.05, 3.63) is 53.2 Å². The third-order valence-electron chi connectivity index (χ3n) is 3.11. The molecule has 0 amide bonds. The molecule has 0 bridgehead atoms. The van der Waals surface area contributed by atoms with Crippen molar-refractivity contribution >= 4 is 21.8 Å². The summed E-state index contributed by atoms with van der Waals surface area (Å²) in [6.07, 6.45) is 5.18. The number of nitrogens with zero attached hydrogens (tertiary/aromatic N) is 3. The number of hydrogen-bond acceptors (Lipinski definition) is 3. The average molecular weight is 251 g/mol. The quantitative estimate of drug-likeness (QED) is 0.539. The van der Waals surface area contributed by atoms with E-state index in [1.807, 2.05) is 24.4 Å². The van der Waals surface area contributed by atoms with Crippen LogP contribution in [0.3, 0.4) is 0 Å². The van der Waals surface area contributed by atoms with Crippen LogP contribution in [0.25, 0.3) is 27.8 Å². The van der Waals surface area contributed by atoms with Crippen LogP contribution in [-0.4, -0.2) is 24.7 Å². The Hall–Kier alpha value is -2.89. The lowest BCUT2D eigenvalue weighted by molar-refractivity contribution is 0.810. The van der Waals surface area contributed by atoms with E-state index in [4.69, 9.17) is 0 Å². The zero-order valence-electron chi connectivity index (χ0n) is 9.79. The standard InChI is InChI=1S/C13H9N5O/c19-12-11-8-4-6-14-9(8)2-3-10(11)16-13(17-12)18-7-1-5-15-18/h1-7,14H,(H,16,17,19). The molecule has 1 aromatic carbocycles. The van der Waals surface area contributed by atoms with Crippen LogP contribution in [0, 0.1) is 0 Å². The normalized spacial score (nSPS) is 11.4. The van der Waals surface area contributed by atoms with Crippen LogP contribution in [0.15, 0.2) is 47.7 Å². The first-order chi connectivity index (χ1) is 9.33. The van der Waals surface area contributed by atoms with Crippen LogP contribution >= 0.6 is 0 Å². The molecule has 3 heterocycles. The van der Waals surface area contributed by atoms with Crippen molar-refractivity contribution in [1.82, 2.24) is 24.7 Å². The molecule has 0 fully saturated rings. The van der Waals surface area contributed by atoms with Crippen LogP contribution in [0.2, 0.25) is 0 Å². The molecule has 0 atom stereocenters. The summed E-state index contributed by atoms with van der Waals surface area (Å²) in [4.78, 5) is 22.5. The van der Waals surface area contributed by atoms with E-state index < -0.39 is 0 Å². The van der Waals surface area contributed by atoms with Gasteiger partial charge in [-0.3, -0.25) is 9.78 Å². The molecule has 0 unspecified atom stereocenters. The smallest absolute Gasteiger partial charge is 0.260 e. The number of hydrogen-bond donors (Lipinski definition) is 2. The highest BCUT2D eigenvalue weighted by Gasteiger charge is 2.09. The van der Waals surface area contributed by atoms with E-state index in [0.29, 0.717) is 16.9 Å². The zero-order chi connectivity index (χ0) is 12.8. The Morgan fingerprint density at radius 2 is 2.16 bits per heavy atom. The zero-order valence-corrected chi connectivity index (χ0v) is 9.79. The SMILES string of the molecule is O=c1[nH]c(-n2cccn2)nc2ccc3[nH]ccc3c12. The molecular weight excluding hydrogens is 242 g/mol. The van der Waals surface area contributed by atoms with Gasteiger partial charge in [-0.15, -0.1) is 0 Å². The topological polar surface area (TPSA) is 79.4 Å². The van der Waals surface area contributed by atoms with E-state index in [0.717, 1.165) is 10.9 Å². The van der Waals surface area contributed by atoms with Gasteiger partial charge in [-0.25, -0.2) is 9.67 Å². The van der Waals surface area contributed by atoms with Gasteiger partial charge in [-0.05, 0) is 24.3 Å². The summed E-state index contributed by atoms with van der Waals surface area (Å²) < 4.78 is 1.53. The molecule has 6 nitrogen and oxygen atoms in total. The number of aromatic amines is 2. The molecular formula is C13H9N5O. The number of rotatable bonds is 1. The van der Waals surface area contributed by atoms with Crippen LogP contribution in [0.4, 0.5) is 0 Å². The molecule has 0 saturated heterocycles. The van der Waals surface area contributed by atoms with Gasteiger partial charge in [0.2, 0.25) is 5.95 Å². The van der Waals surface area contributed by atoms with E-state index in [2.05, 4.69) is 20.1 Å². The van der Waals surface area contributed by atoms with Crippen LogP contribution < -0.4 is 5.56 Å². The monoisotopic (exact) mass is 251 g/mol. The lowest BCUT2D eigenvalue weighted by atomic mass is 10.1. The van der Waals surface area contributed by atoms with E-state index in [9.17, 15) is 4.79 Å². The summed E-state index contributed by atoms with van der Waals surface area (Å²) in [5.41, 5.74) is 1.41. The highest BCUT2D eigenvalue weighted by Crippen LogP contribution is 2.20. The Morgan fingerprint density at radius 1 is 1.21 bits per heavy atom. The van der Waals surface area contributed by atoms with E-state index >= 15 is 0 Å². The molecule has 6 heteroatoms. The fourth-order valence-electron chi connectivity index (χ4n) is 2.26. The average Bonchev–Trinajstić information content (AvgIpc) is 3.09. The molecule has 92 valence electrons. The first-order valence-electron chi connectivity index (χ1n) is 5.83. The van der Waals surface area contributed by atoms with Gasteiger partial charge in [0.25, 0.3) is 5.56 Å². The molecule has 0 radical (unpaired) electrons. The second kappa shape index (κ2) is 3.55. The highest BCUT2D eigenvalue weighted by atomic mass is 16.1. The van der Waals surface area contributed by atoms with Gasteiger partial charge < -0.3 is 4.98 Å². The predicted molar refractivity (Wildman–Crippen MR) is 71.3 cm³/mol. The molecule has 0 aliphatic rings. The Kier molecular flexibility index (Phi) is 1.88. The van der Waals surface area contributed by atoms with Crippen molar-refractivity contribution in [1.29, 1.82) is 0 Å². The first kappa shape index (κ1) is 10.1. The molecule has 4 rings (SSSR count). The predicted octanol–water partition coefficient (Wildman–Crippen LogP) is 1.59. The molecule has 0 spiro atoms. The Labute approximate surface area is 106 Å². The van der Waals surface area contributed by atoms with Gasteiger partial charge in [0, 0.05) is 29.5 Å². The van der Waals surface area contributed by atoms with Gasteiger partial charge in [0.15, 0.2) is 0 Å².